The minimum atomic E-state index is 0.506. The summed E-state index contributed by atoms with van der Waals surface area (Å²) in [5.74, 6) is 0.506. The molecule has 1 aromatic carbocycles. The summed E-state index contributed by atoms with van der Waals surface area (Å²) < 4.78 is 1.86. The van der Waals surface area contributed by atoms with Gasteiger partial charge in [0.05, 0.1) is 5.69 Å². The lowest BCUT2D eigenvalue weighted by molar-refractivity contribution is 0.464. The number of aromatic nitrogens is 2. The Morgan fingerprint density at radius 1 is 1.24 bits per heavy atom. The van der Waals surface area contributed by atoms with Gasteiger partial charge in [-0.05, 0) is 56.0 Å². The molecule has 1 atom stereocenters. The van der Waals surface area contributed by atoms with Gasteiger partial charge in [0.1, 0.15) is 0 Å². The van der Waals surface area contributed by atoms with E-state index in [1.54, 1.807) is 0 Å². The third-order valence-corrected chi connectivity index (χ3v) is 3.96. The van der Waals surface area contributed by atoms with Crippen molar-refractivity contribution >= 4 is 11.6 Å². The van der Waals surface area contributed by atoms with Crippen LogP contribution in [0.25, 0.3) is 0 Å². The molecule has 1 heterocycles. The molecule has 1 aromatic heterocycles. The van der Waals surface area contributed by atoms with E-state index < -0.39 is 0 Å². The molecule has 0 fully saturated rings. The molecular formula is C17H24ClN3. The lowest BCUT2D eigenvalue weighted by Crippen LogP contribution is -2.26. The molecule has 4 heteroatoms. The van der Waals surface area contributed by atoms with Crippen LogP contribution in [0.15, 0.2) is 36.5 Å². The van der Waals surface area contributed by atoms with Gasteiger partial charge in [-0.15, -0.1) is 0 Å². The number of benzene rings is 1. The van der Waals surface area contributed by atoms with Crippen molar-refractivity contribution in [3.05, 3.63) is 52.8 Å². The zero-order valence-electron chi connectivity index (χ0n) is 12.8. The van der Waals surface area contributed by atoms with Crippen LogP contribution < -0.4 is 5.32 Å². The average molecular weight is 306 g/mol. The normalized spacial score (nSPS) is 12.5. The molecule has 3 nitrogen and oxygen atoms in total. The van der Waals surface area contributed by atoms with Crippen LogP contribution in [0.2, 0.25) is 5.02 Å². The maximum Gasteiger partial charge on any atom is 0.0627 e. The van der Waals surface area contributed by atoms with E-state index in [0.29, 0.717) is 5.92 Å². The first-order valence-electron chi connectivity index (χ1n) is 7.61. The summed E-state index contributed by atoms with van der Waals surface area (Å²) in [6.45, 7) is 4.24. The summed E-state index contributed by atoms with van der Waals surface area (Å²) in [5, 5.41) is 8.88. The monoisotopic (exact) mass is 305 g/mol. The van der Waals surface area contributed by atoms with Gasteiger partial charge >= 0.3 is 0 Å². The van der Waals surface area contributed by atoms with Gasteiger partial charge in [0, 0.05) is 18.3 Å². The highest BCUT2D eigenvalue weighted by atomic mass is 35.5. The lowest BCUT2D eigenvalue weighted by atomic mass is 9.94. The van der Waals surface area contributed by atoms with Crippen molar-refractivity contribution in [2.24, 2.45) is 13.0 Å². The molecule has 2 aromatic rings. The van der Waals surface area contributed by atoms with E-state index in [1.807, 2.05) is 30.1 Å². The van der Waals surface area contributed by atoms with Crippen LogP contribution in [0.1, 0.15) is 24.6 Å². The highest BCUT2D eigenvalue weighted by Gasteiger charge is 2.13. The number of hydrogen-bond acceptors (Lipinski definition) is 2. The van der Waals surface area contributed by atoms with Crippen molar-refractivity contribution < 1.29 is 0 Å². The predicted molar refractivity (Wildman–Crippen MR) is 88.7 cm³/mol. The summed E-state index contributed by atoms with van der Waals surface area (Å²) in [7, 11) is 1.96. The Kier molecular flexibility index (Phi) is 6.27. The molecule has 0 aliphatic heterocycles. The summed E-state index contributed by atoms with van der Waals surface area (Å²) in [4.78, 5) is 0. The van der Waals surface area contributed by atoms with E-state index in [1.165, 1.54) is 5.56 Å². The Bertz CT molecular complexity index is 550. The molecule has 0 amide bonds. The molecular weight excluding hydrogens is 282 g/mol. The smallest absolute Gasteiger partial charge is 0.0627 e. The van der Waals surface area contributed by atoms with E-state index in [9.17, 15) is 0 Å². The lowest BCUT2D eigenvalue weighted by Gasteiger charge is -2.17. The Hall–Kier alpha value is -1.32. The Balaban J connectivity index is 2.02. The van der Waals surface area contributed by atoms with Gasteiger partial charge < -0.3 is 5.32 Å². The fourth-order valence-electron chi connectivity index (χ4n) is 2.54. The second-order valence-corrected chi connectivity index (χ2v) is 5.96. The van der Waals surface area contributed by atoms with Crippen molar-refractivity contribution in [1.29, 1.82) is 0 Å². The number of hydrogen-bond donors (Lipinski definition) is 1. The molecule has 0 saturated carbocycles. The number of rotatable bonds is 8. The van der Waals surface area contributed by atoms with Crippen molar-refractivity contribution in [2.75, 3.05) is 13.1 Å². The highest BCUT2D eigenvalue weighted by molar-refractivity contribution is 6.31. The zero-order chi connectivity index (χ0) is 15.1. The molecule has 21 heavy (non-hydrogen) atoms. The number of nitrogens with zero attached hydrogens (tertiary/aromatic N) is 2. The van der Waals surface area contributed by atoms with E-state index in [-0.39, 0.29) is 0 Å². The van der Waals surface area contributed by atoms with Crippen molar-refractivity contribution in [3.63, 3.8) is 0 Å². The molecule has 0 aliphatic rings. The van der Waals surface area contributed by atoms with Crippen molar-refractivity contribution in [3.8, 4) is 0 Å². The molecule has 1 unspecified atom stereocenters. The van der Waals surface area contributed by atoms with Gasteiger partial charge in [0.25, 0.3) is 0 Å². The third-order valence-electron chi connectivity index (χ3n) is 3.59. The molecule has 2 rings (SSSR count). The number of halogens is 1. The third kappa shape index (κ3) is 5.18. The molecule has 0 spiro atoms. The minimum Gasteiger partial charge on any atom is -0.316 e. The summed E-state index contributed by atoms with van der Waals surface area (Å²) >= 11 is 6.30. The average Bonchev–Trinajstić information content (AvgIpc) is 2.87. The van der Waals surface area contributed by atoms with E-state index >= 15 is 0 Å². The Morgan fingerprint density at radius 3 is 2.71 bits per heavy atom. The van der Waals surface area contributed by atoms with Gasteiger partial charge in [0.15, 0.2) is 0 Å². The molecule has 0 radical (unpaired) electrons. The topological polar surface area (TPSA) is 29.9 Å². The standard InChI is InChI=1S/C17H24ClN3/c1-3-9-19-13-14(12-16-8-10-21(2)20-16)11-15-6-4-5-7-17(15)18/h4-8,10,14,19H,3,9,11-13H2,1-2H3. The second-order valence-electron chi connectivity index (χ2n) is 5.55. The van der Waals surface area contributed by atoms with Crippen molar-refractivity contribution in [1.82, 2.24) is 15.1 Å². The maximum atomic E-state index is 6.30. The SMILES string of the molecule is CCCNCC(Cc1ccn(C)n1)Cc1ccccc1Cl. The molecule has 0 aliphatic carbocycles. The predicted octanol–water partition coefficient (Wildman–Crippen LogP) is 3.47. The van der Waals surface area contributed by atoms with E-state index in [0.717, 1.165) is 43.1 Å². The zero-order valence-corrected chi connectivity index (χ0v) is 13.6. The summed E-state index contributed by atoms with van der Waals surface area (Å²) in [5.41, 5.74) is 2.37. The van der Waals surface area contributed by atoms with Gasteiger partial charge in [-0.1, -0.05) is 36.7 Å². The molecule has 1 N–H and O–H groups in total. The molecule has 0 bridgehead atoms. The van der Waals surface area contributed by atoms with Gasteiger partial charge in [-0.3, -0.25) is 4.68 Å². The largest absolute Gasteiger partial charge is 0.316 e. The molecule has 0 saturated heterocycles. The molecule has 114 valence electrons. The van der Waals surface area contributed by atoms with Gasteiger partial charge in [-0.2, -0.15) is 5.10 Å². The summed E-state index contributed by atoms with van der Waals surface area (Å²) in [6.07, 6.45) is 5.11. The second kappa shape index (κ2) is 8.20. The highest BCUT2D eigenvalue weighted by Crippen LogP contribution is 2.20. The minimum absolute atomic E-state index is 0.506. The quantitative estimate of drug-likeness (QED) is 0.757. The van der Waals surface area contributed by atoms with Gasteiger partial charge in [0.2, 0.25) is 0 Å². The fraction of sp³-hybridized carbons (Fsp3) is 0.471. The van der Waals surface area contributed by atoms with Crippen LogP contribution in [-0.2, 0) is 19.9 Å². The number of nitrogens with one attached hydrogen (secondary N) is 1. The van der Waals surface area contributed by atoms with Gasteiger partial charge in [-0.25, -0.2) is 0 Å². The van der Waals surface area contributed by atoms with Crippen LogP contribution in [0, 0.1) is 5.92 Å². The first-order valence-corrected chi connectivity index (χ1v) is 7.99. The Labute approximate surface area is 132 Å². The van der Waals surface area contributed by atoms with Crippen LogP contribution in [0.3, 0.4) is 0 Å². The van der Waals surface area contributed by atoms with E-state index in [4.69, 9.17) is 11.6 Å². The van der Waals surface area contributed by atoms with Crippen LogP contribution in [0.4, 0.5) is 0 Å². The van der Waals surface area contributed by atoms with Crippen LogP contribution in [-0.4, -0.2) is 22.9 Å². The maximum absolute atomic E-state index is 6.30. The van der Waals surface area contributed by atoms with E-state index in [2.05, 4.69) is 35.5 Å². The van der Waals surface area contributed by atoms with Crippen LogP contribution in [0.5, 0.6) is 0 Å². The summed E-state index contributed by atoms with van der Waals surface area (Å²) in [6, 6.07) is 10.2. The first kappa shape index (κ1) is 16.1. The van der Waals surface area contributed by atoms with Crippen LogP contribution >= 0.6 is 11.6 Å². The Morgan fingerprint density at radius 2 is 2.05 bits per heavy atom. The fourth-order valence-corrected chi connectivity index (χ4v) is 2.76. The first-order chi connectivity index (χ1) is 10.2. The van der Waals surface area contributed by atoms with Crippen molar-refractivity contribution in [2.45, 2.75) is 26.2 Å². The number of aryl methyl sites for hydroxylation is 1.